The highest BCUT2D eigenvalue weighted by Gasteiger charge is 2.28. The molecular formula is C18H25N5O3S2. The summed E-state index contributed by atoms with van der Waals surface area (Å²) in [5.74, 6) is 0.655. The molecule has 10 heteroatoms. The van der Waals surface area contributed by atoms with Crippen molar-refractivity contribution in [3.8, 4) is 0 Å². The van der Waals surface area contributed by atoms with Crippen LogP contribution in [0, 0.1) is 6.92 Å². The lowest BCUT2D eigenvalue weighted by Crippen LogP contribution is -2.38. The van der Waals surface area contributed by atoms with Crippen LogP contribution in [-0.4, -0.2) is 52.7 Å². The number of anilines is 1. The Bertz CT molecular complexity index is 906. The highest BCUT2D eigenvalue weighted by atomic mass is 32.2. The van der Waals surface area contributed by atoms with Gasteiger partial charge in [-0.25, -0.2) is 13.4 Å². The van der Waals surface area contributed by atoms with E-state index in [1.165, 1.54) is 34.6 Å². The summed E-state index contributed by atoms with van der Waals surface area (Å²) in [5.41, 5.74) is 0.552. The van der Waals surface area contributed by atoms with Gasteiger partial charge in [0, 0.05) is 18.8 Å². The molecular weight excluding hydrogens is 398 g/mol. The zero-order valence-corrected chi connectivity index (χ0v) is 17.6. The lowest BCUT2D eigenvalue weighted by Gasteiger charge is -2.30. The Morgan fingerprint density at radius 3 is 2.54 bits per heavy atom. The van der Waals surface area contributed by atoms with E-state index >= 15 is 0 Å². The van der Waals surface area contributed by atoms with Crippen molar-refractivity contribution in [2.75, 3.05) is 18.1 Å². The molecule has 1 heterocycles. The van der Waals surface area contributed by atoms with Crippen molar-refractivity contribution in [1.82, 2.24) is 19.5 Å². The lowest BCUT2D eigenvalue weighted by atomic mass is 9.96. The fourth-order valence-electron chi connectivity index (χ4n) is 3.23. The number of aromatic nitrogens is 3. The molecule has 0 atom stereocenters. The molecule has 0 bridgehead atoms. The van der Waals surface area contributed by atoms with E-state index < -0.39 is 10.0 Å². The van der Waals surface area contributed by atoms with Gasteiger partial charge < -0.3 is 5.32 Å². The number of H-pyrrole nitrogens is 1. The number of hydrogen-bond acceptors (Lipinski definition) is 6. The molecule has 0 radical (unpaired) electrons. The van der Waals surface area contributed by atoms with Gasteiger partial charge in [-0.15, -0.1) is 5.10 Å². The fourth-order valence-corrected chi connectivity index (χ4v) is 5.29. The number of nitrogens with zero attached hydrogens (tertiary/aromatic N) is 3. The van der Waals surface area contributed by atoms with Gasteiger partial charge in [-0.1, -0.05) is 31.0 Å². The summed E-state index contributed by atoms with van der Waals surface area (Å²) in [4.78, 5) is 16.4. The van der Waals surface area contributed by atoms with Gasteiger partial charge in [0.05, 0.1) is 10.6 Å². The highest BCUT2D eigenvalue weighted by Crippen LogP contribution is 2.27. The minimum Gasteiger partial charge on any atom is -0.325 e. The van der Waals surface area contributed by atoms with Crippen LogP contribution < -0.4 is 5.32 Å². The molecule has 0 spiro atoms. The standard InChI is InChI=1S/C18H25N5O3S2/c1-13-19-18(22-21-13)27-12-17(24)20-14-8-10-16(11-9-14)28(25,26)23(2)15-6-4-3-5-7-15/h8-11,15H,3-7,12H2,1-2H3,(H,20,24)(H,19,21,22). The predicted molar refractivity (Wildman–Crippen MR) is 109 cm³/mol. The van der Waals surface area contributed by atoms with Gasteiger partial charge in [-0.2, -0.15) is 4.31 Å². The number of thioether (sulfide) groups is 1. The summed E-state index contributed by atoms with van der Waals surface area (Å²) in [6.45, 7) is 1.79. The Hall–Kier alpha value is -1.91. The Morgan fingerprint density at radius 2 is 1.93 bits per heavy atom. The SMILES string of the molecule is Cc1nc(SCC(=O)Nc2ccc(S(=O)(=O)N(C)C3CCCCC3)cc2)n[nH]1. The van der Waals surface area contributed by atoms with E-state index in [-0.39, 0.29) is 22.6 Å². The Kier molecular flexibility index (Phi) is 6.73. The first-order valence-electron chi connectivity index (χ1n) is 9.26. The molecule has 28 heavy (non-hydrogen) atoms. The third kappa shape index (κ3) is 5.12. The number of aryl methyl sites for hydroxylation is 1. The second-order valence-corrected chi connectivity index (χ2v) is 9.82. The van der Waals surface area contributed by atoms with Gasteiger partial charge >= 0.3 is 0 Å². The minimum absolute atomic E-state index is 0.0643. The summed E-state index contributed by atoms with van der Waals surface area (Å²) in [7, 11) is -1.88. The molecule has 1 aliphatic rings. The van der Waals surface area contributed by atoms with Crippen molar-refractivity contribution in [3.05, 3.63) is 30.1 Å². The maximum Gasteiger partial charge on any atom is 0.243 e. The van der Waals surface area contributed by atoms with E-state index in [0.29, 0.717) is 16.7 Å². The maximum absolute atomic E-state index is 12.8. The quantitative estimate of drug-likeness (QED) is 0.663. The molecule has 1 aromatic heterocycles. The van der Waals surface area contributed by atoms with Crippen LogP contribution in [0.5, 0.6) is 0 Å². The molecule has 1 aliphatic carbocycles. The summed E-state index contributed by atoms with van der Waals surface area (Å²) >= 11 is 1.23. The van der Waals surface area contributed by atoms with E-state index in [1.54, 1.807) is 26.1 Å². The number of hydrogen-bond donors (Lipinski definition) is 2. The van der Waals surface area contributed by atoms with Crippen LogP contribution in [0.1, 0.15) is 37.9 Å². The molecule has 3 rings (SSSR count). The largest absolute Gasteiger partial charge is 0.325 e. The normalized spacial score (nSPS) is 15.7. The molecule has 0 saturated heterocycles. The van der Waals surface area contributed by atoms with Crippen molar-refractivity contribution >= 4 is 33.4 Å². The van der Waals surface area contributed by atoms with Crippen molar-refractivity contribution in [2.45, 2.75) is 55.1 Å². The molecule has 1 fully saturated rings. The Balaban J connectivity index is 1.58. The average molecular weight is 424 g/mol. The van der Waals surface area contributed by atoms with Crippen LogP contribution in [0.25, 0.3) is 0 Å². The van der Waals surface area contributed by atoms with Crippen LogP contribution in [0.3, 0.4) is 0 Å². The summed E-state index contributed by atoms with van der Waals surface area (Å²) in [6, 6.07) is 6.36. The van der Waals surface area contributed by atoms with Crippen LogP contribution in [0.2, 0.25) is 0 Å². The molecule has 8 nitrogen and oxygen atoms in total. The number of amides is 1. The third-order valence-corrected chi connectivity index (χ3v) is 7.58. The van der Waals surface area contributed by atoms with Crippen LogP contribution in [-0.2, 0) is 14.8 Å². The van der Waals surface area contributed by atoms with Crippen molar-refractivity contribution in [2.24, 2.45) is 0 Å². The maximum atomic E-state index is 12.8. The van der Waals surface area contributed by atoms with Crippen molar-refractivity contribution < 1.29 is 13.2 Å². The topological polar surface area (TPSA) is 108 Å². The first kappa shape index (κ1) is 20.8. The summed E-state index contributed by atoms with van der Waals surface area (Å²) < 4.78 is 27.2. The van der Waals surface area contributed by atoms with Gasteiger partial charge in [0.1, 0.15) is 5.82 Å². The van der Waals surface area contributed by atoms with E-state index in [4.69, 9.17) is 0 Å². The van der Waals surface area contributed by atoms with E-state index in [2.05, 4.69) is 20.5 Å². The monoisotopic (exact) mass is 423 g/mol. The molecule has 152 valence electrons. The van der Waals surface area contributed by atoms with Crippen molar-refractivity contribution in [1.29, 1.82) is 0 Å². The number of aromatic amines is 1. The first-order valence-corrected chi connectivity index (χ1v) is 11.7. The first-order chi connectivity index (χ1) is 13.4. The molecule has 1 saturated carbocycles. The van der Waals surface area contributed by atoms with Crippen molar-refractivity contribution in [3.63, 3.8) is 0 Å². The van der Waals surface area contributed by atoms with Gasteiger partial charge in [0.2, 0.25) is 21.1 Å². The van der Waals surface area contributed by atoms with E-state index in [9.17, 15) is 13.2 Å². The number of carbonyl (C=O) groups is 1. The highest BCUT2D eigenvalue weighted by molar-refractivity contribution is 7.99. The third-order valence-electron chi connectivity index (χ3n) is 4.81. The Morgan fingerprint density at radius 1 is 1.25 bits per heavy atom. The number of benzene rings is 1. The molecule has 1 aromatic carbocycles. The van der Waals surface area contributed by atoms with Crippen LogP contribution in [0.4, 0.5) is 5.69 Å². The Labute approximate surface area is 169 Å². The zero-order chi connectivity index (χ0) is 20.1. The van der Waals surface area contributed by atoms with E-state index in [1.807, 2.05) is 0 Å². The van der Waals surface area contributed by atoms with Gasteiger partial charge in [0.25, 0.3) is 0 Å². The number of nitrogens with one attached hydrogen (secondary N) is 2. The van der Waals surface area contributed by atoms with Crippen LogP contribution in [0.15, 0.2) is 34.3 Å². The smallest absolute Gasteiger partial charge is 0.243 e. The van der Waals surface area contributed by atoms with Crippen LogP contribution >= 0.6 is 11.8 Å². The fraction of sp³-hybridized carbons (Fsp3) is 0.500. The average Bonchev–Trinajstić information content (AvgIpc) is 3.12. The van der Waals surface area contributed by atoms with E-state index in [0.717, 1.165) is 25.7 Å². The summed E-state index contributed by atoms with van der Waals surface area (Å²) in [5, 5.41) is 9.95. The van der Waals surface area contributed by atoms with Gasteiger partial charge in [-0.05, 0) is 44.0 Å². The minimum atomic E-state index is -3.53. The molecule has 2 aromatic rings. The number of sulfonamides is 1. The molecule has 0 unspecified atom stereocenters. The van der Waals surface area contributed by atoms with Gasteiger partial charge in [-0.3, -0.25) is 9.89 Å². The zero-order valence-electron chi connectivity index (χ0n) is 16.0. The lowest BCUT2D eigenvalue weighted by molar-refractivity contribution is -0.113. The second kappa shape index (κ2) is 9.06. The molecule has 0 aliphatic heterocycles. The predicted octanol–water partition coefficient (Wildman–Crippen LogP) is 2.80. The van der Waals surface area contributed by atoms with Gasteiger partial charge in [0.15, 0.2) is 0 Å². The number of rotatable bonds is 7. The number of carbonyl (C=O) groups excluding carboxylic acids is 1. The second-order valence-electron chi connectivity index (χ2n) is 6.88. The molecule has 2 N–H and O–H groups in total. The summed E-state index contributed by atoms with van der Waals surface area (Å²) in [6.07, 6.45) is 5.13. The molecule has 1 amide bonds.